The van der Waals surface area contributed by atoms with E-state index in [1.165, 1.54) is 23.4 Å². The fraction of sp³-hybridized carbons (Fsp3) is 0.381. The molecular formula is C21H22BrFN2O. The van der Waals surface area contributed by atoms with Crippen LogP contribution in [0.3, 0.4) is 0 Å². The molecule has 0 radical (unpaired) electrons. The van der Waals surface area contributed by atoms with Gasteiger partial charge < -0.3 is 10.2 Å². The number of nitrogens with one attached hydrogen (secondary N) is 1. The number of piperidine rings is 1. The number of benzene rings is 2. The van der Waals surface area contributed by atoms with Crippen molar-refractivity contribution in [2.24, 2.45) is 0 Å². The molecule has 2 aromatic carbocycles. The fourth-order valence-corrected chi connectivity index (χ4v) is 4.64. The summed E-state index contributed by atoms with van der Waals surface area (Å²) in [6, 6.07) is 12.8. The topological polar surface area (TPSA) is 32.3 Å². The third-order valence-corrected chi connectivity index (χ3v) is 6.18. The molecule has 1 saturated heterocycles. The minimum atomic E-state index is -0.304. The van der Waals surface area contributed by atoms with Crippen molar-refractivity contribution >= 4 is 27.4 Å². The summed E-state index contributed by atoms with van der Waals surface area (Å²) < 4.78 is 14.1. The molecule has 2 atom stereocenters. The summed E-state index contributed by atoms with van der Waals surface area (Å²) in [5.41, 5.74) is 3.25. The fourth-order valence-electron chi connectivity index (χ4n) is 4.14. The van der Waals surface area contributed by atoms with Crippen LogP contribution in [-0.2, 0) is 0 Å². The van der Waals surface area contributed by atoms with Gasteiger partial charge in [-0.3, -0.25) is 4.79 Å². The van der Waals surface area contributed by atoms with Gasteiger partial charge in [-0.1, -0.05) is 12.1 Å². The van der Waals surface area contributed by atoms with Crippen molar-refractivity contribution in [3.63, 3.8) is 0 Å². The third kappa shape index (κ3) is 3.55. The summed E-state index contributed by atoms with van der Waals surface area (Å²) in [6.45, 7) is 3.02. The minimum Gasteiger partial charge on any atom is -0.380 e. The number of carbonyl (C=O) groups is 1. The lowest BCUT2D eigenvalue weighted by atomic mass is 9.89. The zero-order chi connectivity index (χ0) is 18.1. The summed E-state index contributed by atoms with van der Waals surface area (Å²) in [7, 11) is 0. The number of hydrogen-bond donors (Lipinski definition) is 1. The Hall–Kier alpha value is -1.72. The van der Waals surface area contributed by atoms with E-state index in [1.807, 2.05) is 0 Å². The monoisotopic (exact) mass is 416 g/mol. The summed E-state index contributed by atoms with van der Waals surface area (Å²) in [6.07, 6.45) is 2.47. The SMILES string of the molecule is O=C(CCCN1CC[C@@H]2Nc3c(Br)cccc3[C@@H]2C1)c1ccc(F)cc1. The highest BCUT2D eigenvalue weighted by Crippen LogP contribution is 2.43. The van der Waals surface area contributed by atoms with Gasteiger partial charge in [-0.2, -0.15) is 0 Å². The molecule has 0 bridgehead atoms. The lowest BCUT2D eigenvalue weighted by molar-refractivity contribution is 0.0971. The quantitative estimate of drug-likeness (QED) is 0.707. The first-order valence-electron chi connectivity index (χ1n) is 9.18. The number of ketones is 1. The van der Waals surface area contributed by atoms with E-state index in [2.05, 4.69) is 44.3 Å². The molecule has 0 aromatic heterocycles. The van der Waals surface area contributed by atoms with Crippen molar-refractivity contribution in [1.82, 2.24) is 4.90 Å². The summed E-state index contributed by atoms with van der Waals surface area (Å²) in [5, 5.41) is 3.67. The first kappa shape index (κ1) is 17.7. The number of rotatable bonds is 5. The van der Waals surface area contributed by atoms with Gasteiger partial charge in [-0.05, 0) is 71.2 Å². The zero-order valence-electron chi connectivity index (χ0n) is 14.6. The molecule has 0 amide bonds. The van der Waals surface area contributed by atoms with Crippen LogP contribution < -0.4 is 5.32 Å². The Morgan fingerprint density at radius 2 is 2.04 bits per heavy atom. The van der Waals surface area contributed by atoms with Gasteiger partial charge in [0.25, 0.3) is 0 Å². The van der Waals surface area contributed by atoms with E-state index in [1.54, 1.807) is 12.1 Å². The van der Waals surface area contributed by atoms with Crippen LogP contribution >= 0.6 is 15.9 Å². The summed E-state index contributed by atoms with van der Waals surface area (Å²) >= 11 is 3.64. The first-order chi connectivity index (χ1) is 12.6. The average Bonchev–Trinajstić information content (AvgIpc) is 3.02. The highest BCUT2D eigenvalue weighted by molar-refractivity contribution is 9.10. The molecule has 1 N–H and O–H groups in total. The zero-order valence-corrected chi connectivity index (χ0v) is 16.1. The van der Waals surface area contributed by atoms with Crippen LogP contribution in [0.25, 0.3) is 0 Å². The third-order valence-electron chi connectivity index (χ3n) is 5.52. The molecule has 0 unspecified atom stereocenters. The molecule has 0 aliphatic carbocycles. The van der Waals surface area contributed by atoms with Crippen LogP contribution in [0.5, 0.6) is 0 Å². The number of nitrogens with zero attached hydrogens (tertiary/aromatic N) is 1. The van der Waals surface area contributed by atoms with Crippen LogP contribution in [0.4, 0.5) is 10.1 Å². The van der Waals surface area contributed by atoms with Crippen molar-refractivity contribution in [3.8, 4) is 0 Å². The Morgan fingerprint density at radius 1 is 1.23 bits per heavy atom. The van der Waals surface area contributed by atoms with Crippen molar-refractivity contribution in [2.45, 2.75) is 31.2 Å². The number of fused-ring (bicyclic) bond motifs is 3. The van der Waals surface area contributed by atoms with Crippen LogP contribution in [-0.4, -0.2) is 36.4 Å². The number of likely N-dealkylation sites (tertiary alicyclic amines) is 1. The number of Topliss-reactive ketones (excluding diaryl/α,β-unsaturated/α-hetero) is 1. The summed E-state index contributed by atoms with van der Waals surface area (Å²) in [4.78, 5) is 14.7. The van der Waals surface area contributed by atoms with E-state index in [0.29, 0.717) is 23.9 Å². The highest BCUT2D eigenvalue weighted by Gasteiger charge is 2.37. The van der Waals surface area contributed by atoms with E-state index in [0.717, 1.165) is 36.9 Å². The molecule has 2 aromatic rings. The van der Waals surface area contributed by atoms with E-state index >= 15 is 0 Å². The van der Waals surface area contributed by atoms with Gasteiger partial charge in [0, 0.05) is 41.5 Å². The van der Waals surface area contributed by atoms with Crippen LogP contribution in [0.15, 0.2) is 46.9 Å². The number of hydrogen-bond acceptors (Lipinski definition) is 3. The first-order valence-corrected chi connectivity index (χ1v) is 9.97. The van der Waals surface area contributed by atoms with Gasteiger partial charge in [0.1, 0.15) is 5.82 Å². The molecule has 5 heteroatoms. The largest absolute Gasteiger partial charge is 0.380 e. The molecule has 136 valence electrons. The molecule has 26 heavy (non-hydrogen) atoms. The Morgan fingerprint density at radius 3 is 2.85 bits per heavy atom. The summed E-state index contributed by atoms with van der Waals surface area (Å²) in [5.74, 6) is 0.308. The van der Waals surface area contributed by atoms with Gasteiger partial charge in [-0.25, -0.2) is 4.39 Å². The lowest BCUT2D eigenvalue weighted by Crippen LogP contribution is -2.42. The highest BCUT2D eigenvalue weighted by atomic mass is 79.9. The van der Waals surface area contributed by atoms with E-state index in [4.69, 9.17) is 0 Å². The molecule has 0 spiro atoms. The maximum Gasteiger partial charge on any atom is 0.162 e. The van der Waals surface area contributed by atoms with Gasteiger partial charge in [0.15, 0.2) is 5.78 Å². The van der Waals surface area contributed by atoms with Crippen molar-refractivity contribution < 1.29 is 9.18 Å². The van der Waals surface area contributed by atoms with E-state index in [9.17, 15) is 9.18 Å². The second-order valence-corrected chi connectivity index (χ2v) is 8.04. The molecule has 2 heterocycles. The molecular weight excluding hydrogens is 395 g/mol. The van der Waals surface area contributed by atoms with Crippen LogP contribution in [0.2, 0.25) is 0 Å². The molecule has 2 aliphatic rings. The number of carbonyl (C=O) groups excluding carboxylic acids is 1. The maximum absolute atomic E-state index is 13.0. The van der Waals surface area contributed by atoms with Crippen LogP contribution in [0, 0.1) is 5.82 Å². The predicted molar refractivity (Wildman–Crippen MR) is 105 cm³/mol. The normalized spacial score (nSPS) is 21.8. The Bertz CT molecular complexity index is 808. The van der Waals surface area contributed by atoms with Gasteiger partial charge in [0.2, 0.25) is 0 Å². The van der Waals surface area contributed by atoms with Crippen molar-refractivity contribution in [3.05, 3.63) is 63.9 Å². The average molecular weight is 417 g/mol. The van der Waals surface area contributed by atoms with Gasteiger partial charge >= 0.3 is 0 Å². The molecule has 0 saturated carbocycles. The molecule has 2 aliphatic heterocycles. The Labute approximate surface area is 161 Å². The second-order valence-electron chi connectivity index (χ2n) is 7.18. The molecule has 1 fully saturated rings. The minimum absolute atomic E-state index is 0.0942. The molecule has 3 nitrogen and oxygen atoms in total. The Kier molecular flexibility index (Phi) is 5.09. The van der Waals surface area contributed by atoms with Gasteiger partial charge in [-0.15, -0.1) is 0 Å². The number of anilines is 1. The smallest absolute Gasteiger partial charge is 0.162 e. The number of halogens is 2. The Balaban J connectivity index is 1.32. The van der Waals surface area contributed by atoms with Gasteiger partial charge in [0.05, 0.1) is 5.69 Å². The number of para-hydroxylation sites is 1. The predicted octanol–water partition coefficient (Wildman–Crippen LogP) is 4.83. The lowest BCUT2D eigenvalue weighted by Gasteiger charge is -2.35. The van der Waals surface area contributed by atoms with E-state index < -0.39 is 0 Å². The van der Waals surface area contributed by atoms with Crippen LogP contribution in [0.1, 0.15) is 41.1 Å². The van der Waals surface area contributed by atoms with Crippen molar-refractivity contribution in [2.75, 3.05) is 25.0 Å². The second kappa shape index (κ2) is 7.49. The van der Waals surface area contributed by atoms with E-state index in [-0.39, 0.29) is 11.6 Å². The van der Waals surface area contributed by atoms with Crippen molar-refractivity contribution in [1.29, 1.82) is 0 Å². The molecule has 4 rings (SSSR count). The maximum atomic E-state index is 13.0. The standard InChI is InChI=1S/C21H22BrFN2O/c22-18-4-1-3-16-17-13-25(12-10-19(17)24-21(16)18)11-2-5-20(26)14-6-8-15(23)9-7-14/h1,3-4,6-9,17,19,24H,2,5,10-13H2/t17-,19-/m0/s1.